The van der Waals surface area contributed by atoms with Crippen molar-refractivity contribution in [2.24, 2.45) is 11.7 Å². The van der Waals surface area contributed by atoms with Gasteiger partial charge in [-0.3, -0.25) is 0 Å². The molecule has 0 aromatic heterocycles. The van der Waals surface area contributed by atoms with E-state index in [0.29, 0.717) is 0 Å². The van der Waals surface area contributed by atoms with Crippen molar-refractivity contribution in [1.29, 1.82) is 0 Å². The number of hydrogen-bond acceptors (Lipinski definition) is 2. The number of nitrogens with two attached hydrogens (primary N) is 1. The Bertz CT molecular complexity index is 113. The third kappa shape index (κ3) is 3.41. The van der Waals surface area contributed by atoms with E-state index in [1.54, 1.807) is 0 Å². The maximum absolute atomic E-state index is 8.84. The van der Waals surface area contributed by atoms with Crippen molar-refractivity contribution in [3.63, 3.8) is 0 Å². The van der Waals surface area contributed by atoms with Gasteiger partial charge in [0.25, 0.3) is 0 Å². The molecule has 1 atom stereocenters. The summed E-state index contributed by atoms with van der Waals surface area (Å²) >= 11 is 0. The van der Waals surface area contributed by atoms with Crippen molar-refractivity contribution in [2.75, 3.05) is 6.61 Å². The summed E-state index contributed by atoms with van der Waals surface area (Å²) in [6, 6.07) is 0. The Kier molecular flexibility index (Phi) is 4.37. The van der Waals surface area contributed by atoms with Crippen LogP contribution in [-0.4, -0.2) is 17.3 Å². The third-order valence-corrected chi connectivity index (χ3v) is 2.34. The van der Waals surface area contributed by atoms with Gasteiger partial charge in [-0.05, 0) is 19.3 Å². The summed E-state index contributed by atoms with van der Waals surface area (Å²) in [5, 5.41) is 8.84. The Morgan fingerprint density at radius 2 is 2.09 bits per heavy atom. The summed E-state index contributed by atoms with van der Waals surface area (Å²) in [5.74, 6) is 0.794. The van der Waals surface area contributed by atoms with Crippen LogP contribution in [0.25, 0.3) is 0 Å². The topological polar surface area (TPSA) is 46.2 Å². The van der Waals surface area contributed by atoms with Gasteiger partial charge >= 0.3 is 0 Å². The van der Waals surface area contributed by atoms with E-state index in [1.165, 1.54) is 19.3 Å². The maximum Gasteiger partial charge on any atom is 0.0608 e. The molecule has 0 aromatic carbocycles. The van der Waals surface area contributed by atoms with Crippen LogP contribution in [0.3, 0.4) is 0 Å². The summed E-state index contributed by atoms with van der Waals surface area (Å²) in [7, 11) is 0. The lowest BCUT2D eigenvalue weighted by Crippen LogP contribution is -2.43. The first-order valence-electron chi connectivity index (χ1n) is 4.04. The van der Waals surface area contributed by atoms with E-state index in [1.807, 2.05) is 6.92 Å². The summed E-state index contributed by atoms with van der Waals surface area (Å²) in [4.78, 5) is 0. The van der Waals surface area contributed by atoms with Crippen molar-refractivity contribution in [3.8, 4) is 0 Å². The normalized spacial score (nSPS) is 23.2. The zero-order valence-electron chi connectivity index (χ0n) is 7.05. The molecule has 0 radical (unpaired) electrons. The van der Waals surface area contributed by atoms with E-state index in [9.17, 15) is 0 Å². The zero-order valence-corrected chi connectivity index (χ0v) is 7.86. The van der Waals surface area contributed by atoms with Crippen LogP contribution in [0.1, 0.15) is 32.6 Å². The highest BCUT2D eigenvalue weighted by Gasteiger charge is 2.26. The minimum absolute atomic E-state index is 0. The number of hydrogen-bond donors (Lipinski definition) is 2. The Morgan fingerprint density at radius 1 is 1.55 bits per heavy atom. The molecule has 0 heterocycles. The molecule has 1 fully saturated rings. The number of halogens is 1. The fourth-order valence-corrected chi connectivity index (χ4v) is 1.42. The SMILES string of the molecule is CC(N)(CO)CC1CCC1.Cl. The maximum atomic E-state index is 8.84. The number of aliphatic hydroxyl groups excluding tert-OH is 1. The molecule has 0 aliphatic heterocycles. The lowest BCUT2D eigenvalue weighted by Gasteiger charge is -2.32. The van der Waals surface area contributed by atoms with Gasteiger partial charge in [0.15, 0.2) is 0 Å². The van der Waals surface area contributed by atoms with Crippen LogP contribution in [0.5, 0.6) is 0 Å². The monoisotopic (exact) mass is 179 g/mol. The average Bonchev–Trinajstić information content (AvgIpc) is 1.80. The van der Waals surface area contributed by atoms with E-state index < -0.39 is 0 Å². The second kappa shape index (κ2) is 4.29. The molecule has 1 rings (SSSR count). The summed E-state index contributed by atoms with van der Waals surface area (Å²) in [6.07, 6.45) is 4.97. The van der Waals surface area contributed by atoms with E-state index >= 15 is 0 Å². The predicted molar refractivity (Wildman–Crippen MR) is 48.9 cm³/mol. The highest BCUT2D eigenvalue weighted by molar-refractivity contribution is 5.85. The molecule has 0 amide bonds. The Balaban J connectivity index is 0.000001000. The van der Waals surface area contributed by atoms with Gasteiger partial charge in [0.1, 0.15) is 0 Å². The average molecular weight is 180 g/mol. The molecule has 0 saturated heterocycles. The molecule has 0 aromatic rings. The summed E-state index contributed by atoms with van der Waals surface area (Å²) < 4.78 is 0. The van der Waals surface area contributed by atoms with Crippen molar-refractivity contribution in [3.05, 3.63) is 0 Å². The molecule has 68 valence electrons. The van der Waals surface area contributed by atoms with E-state index in [2.05, 4.69) is 0 Å². The van der Waals surface area contributed by atoms with Crippen molar-refractivity contribution in [1.82, 2.24) is 0 Å². The van der Waals surface area contributed by atoms with Crippen LogP contribution in [0.2, 0.25) is 0 Å². The Labute approximate surface area is 74.6 Å². The Hall–Kier alpha value is 0.210. The quantitative estimate of drug-likeness (QED) is 0.687. The van der Waals surface area contributed by atoms with Gasteiger partial charge in [-0.1, -0.05) is 19.3 Å². The highest BCUT2D eigenvalue weighted by Crippen LogP contribution is 2.32. The Morgan fingerprint density at radius 3 is 2.36 bits per heavy atom. The van der Waals surface area contributed by atoms with Crippen LogP contribution in [0, 0.1) is 5.92 Å². The van der Waals surface area contributed by atoms with Crippen LogP contribution < -0.4 is 5.73 Å². The molecule has 1 aliphatic carbocycles. The fraction of sp³-hybridized carbons (Fsp3) is 1.00. The van der Waals surface area contributed by atoms with Crippen LogP contribution in [-0.2, 0) is 0 Å². The van der Waals surface area contributed by atoms with Gasteiger partial charge in [0, 0.05) is 5.54 Å². The summed E-state index contributed by atoms with van der Waals surface area (Å²) in [6.45, 7) is 2.04. The third-order valence-electron chi connectivity index (χ3n) is 2.34. The minimum atomic E-state index is -0.328. The van der Waals surface area contributed by atoms with Gasteiger partial charge in [0.2, 0.25) is 0 Å². The lowest BCUT2D eigenvalue weighted by atomic mass is 9.77. The number of rotatable bonds is 3. The molecule has 2 nitrogen and oxygen atoms in total. The van der Waals surface area contributed by atoms with E-state index in [4.69, 9.17) is 10.8 Å². The zero-order chi connectivity index (χ0) is 7.61. The molecule has 11 heavy (non-hydrogen) atoms. The molecule has 1 saturated carbocycles. The molecule has 0 spiro atoms. The fourth-order valence-electron chi connectivity index (χ4n) is 1.42. The largest absolute Gasteiger partial charge is 0.394 e. The molecule has 0 bridgehead atoms. The van der Waals surface area contributed by atoms with Crippen LogP contribution in [0.4, 0.5) is 0 Å². The molecule has 1 aliphatic rings. The van der Waals surface area contributed by atoms with E-state index in [0.717, 1.165) is 12.3 Å². The van der Waals surface area contributed by atoms with Crippen molar-refractivity contribution >= 4 is 12.4 Å². The molecule has 1 unspecified atom stereocenters. The molecular formula is C8H18ClNO. The first-order valence-corrected chi connectivity index (χ1v) is 4.04. The van der Waals surface area contributed by atoms with Gasteiger partial charge in [-0.25, -0.2) is 0 Å². The number of aliphatic hydroxyl groups is 1. The molecular weight excluding hydrogens is 162 g/mol. The first kappa shape index (κ1) is 11.2. The second-order valence-electron chi connectivity index (χ2n) is 3.81. The van der Waals surface area contributed by atoms with Gasteiger partial charge in [-0.15, -0.1) is 12.4 Å². The predicted octanol–water partition coefficient (Wildman–Crippen LogP) is 1.31. The standard InChI is InChI=1S/C8H17NO.ClH/c1-8(9,6-10)5-7-3-2-4-7;/h7,10H,2-6,9H2,1H3;1H. The highest BCUT2D eigenvalue weighted by atomic mass is 35.5. The molecule has 3 heteroatoms. The minimum Gasteiger partial charge on any atom is -0.394 e. The van der Waals surface area contributed by atoms with Gasteiger partial charge in [0.05, 0.1) is 6.61 Å². The van der Waals surface area contributed by atoms with Gasteiger partial charge < -0.3 is 10.8 Å². The lowest BCUT2D eigenvalue weighted by molar-refractivity contribution is 0.154. The second-order valence-corrected chi connectivity index (χ2v) is 3.81. The first-order chi connectivity index (χ1) is 4.64. The van der Waals surface area contributed by atoms with Crippen molar-refractivity contribution in [2.45, 2.75) is 38.1 Å². The van der Waals surface area contributed by atoms with Gasteiger partial charge in [-0.2, -0.15) is 0 Å². The van der Waals surface area contributed by atoms with Crippen LogP contribution >= 0.6 is 12.4 Å². The molecule has 3 N–H and O–H groups in total. The summed E-state index contributed by atoms with van der Waals surface area (Å²) in [5.41, 5.74) is 5.45. The smallest absolute Gasteiger partial charge is 0.0608 e. The van der Waals surface area contributed by atoms with E-state index in [-0.39, 0.29) is 24.6 Å². The van der Waals surface area contributed by atoms with Crippen molar-refractivity contribution < 1.29 is 5.11 Å². The van der Waals surface area contributed by atoms with Crippen LogP contribution in [0.15, 0.2) is 0 Å².